The van der Waals surface area contributed by atoms with Gasteiger partial charge >= 0.3 is 6.03 Å². The maximum atomic E-state index is 13.0. The van der Waals surface area contributed by atoms with Crippen LogP contribution in [0.15, 0.2) is 42.7 Å². The molecule has 1 aromatic carbocycles. The normalized spacial score (nSPS) is 19.2. The summed E-state index contributed by atoms with van der Waals surface area (Å²) in [6, 6.07) is 11.3. The third-order valence-electron chi connectivity index (χ3n) is 5.41. The molecule has 4 rings (SSSR count). The molecular formula is C21H25N3O. The zero-order valence-corrected chi connectivity index (χ0v) is 14.7. The van der Waals surface area contributed by atoms with Gasteiger partial charge in [-0.15, -0.1) is 0 Å². The Kier molecular flexibility index (Phi) is 4.43. The van der Waals surface area contributed by atoms with Crippen molar-refractivity contribution in [2.45, 2.75) is 57.7 Å². The van der Waals surface area contributed by atoms with Gasteiger partial charge in [0.25, 0.3) is 0 Å². The Morgan fingerprint density at radius 1 is 1.24 bits per heavy atom. The van der Waals surface area contributed by atoms with Gasteiger partial charge in [-0.2, -0.15) is 0 Å². The number of aryl methyl sites for hydroxylation is 2. The minimum atomic E-state index is 0.0698. The van der Waals surface area contributed by atoms with E-state index in [9.17, 15) is 4.79 Å². The summed E-state index contributed by atoms with van der Waals surface area (Å²) in [5.41, 5.74) is 4.99. The average Bonchev–Trinajstić information content (AvgIpc) is 3.46. The number of hydrogen-bond acceptors (Lipinski definition) is 2. The molecule has 2 amide bonds. The van der Waals surface area contributed by atoms with Crippen molar-refractivity contribution in [1.29, 1.82) is 0 Å². The van der Waals surface area contributed by atoms with Gasteiger partial charge in [-0.25, -0.2) is 4.79 Å². The topological polar surface area (TPSA) is 45.2 Å². The number of nitrogens with one attached hydrogen (secondary N) is 1. The van der Waals surface area contributed by atoms with E-state index < -0.39 is 0 Å². The summed E-state index contributed by atoms with van der Waals surface area (Å²) < 4.78 is 0. The smallest absolute Gasteiger partial charge is 0.318 e. The average molecular weight is 335 g/mol. The molecule has 130 valence electrons. The number of pyridine rings is 1. The molecule has 0 aliphatic heterocycles. The first-order valence-corrected chi connectivity index (χ1v) is 9.27. The van der Waals surface area contributed by atoms with Crippen molar-refractivity contribution in [2.24, 2.45) is 0 Å². The molecule has 0 bridgehead atoms. The number of rotatable bonds is 4. The van der Waals surface area contributed by atoms with Crippen LogP contribution in [0.25, 0.3) is 0 Å². The van der Waals surface area contributed by atoms with E-state index in [4.69, 9.17) is 0 Å². The molecule has 1 N–H and O–H groups in total. The molecule has 2 aromatic rings. The molecule has 0 radical (unpaired) electrons. The summed E-state index contributed by atoms with van der Waals surface area (Å²) in [5, 5.41) is 3.15. The highest BCUT2D eigenvalue weighted by Gasteiger charge is 2.39. The summed E-state index contributed by atoms with van der Waals surface area (Å²) in [5.74, 6) is 0. The zero-order valence-electron chi connectivity index (χ0n) is 14.7. The Labute approximate surface area is 149 Å². The standard InChI is InChI=1S/C21H25N3O/c1-15-13-22-12-11-17(15)14-23-21(25)24(18-9-10-18)20-8-4-6-16-5-2-3-7-19(16)20/h2-3,5,7,11-13,18,20H,4,6,8-10,14H2,1H3,(H,23,25). The Bertz CT molecular complexity index is 769. The van der Waals surface area contributed by atoms with Gasteiger partial charge in [0.1, 0.15) is 0 Å². The zero-order chi connectivity index (χ0) is 17.2. The summed E-state index contributed by atoms with van der Waals surface area (Å²) in [6.45, 7) is 2.59. The summed E-state index contributed by atoms with van der Waals surface area (Å²) in [4.78, 5) is 19.3. The quantitative estimate of drug-likeness (QED) is 0.912. The van der Waals surface area contributed by atoms with E-state index >= 15 is 0 Å². The van der Waals surface area contributed by atoms with Crippen molar-refractivity contribution in [2.75, 3.05) is 0 Å². The summed E-state index contributed by atoms with van der Waals surface area (Å²) in [6.07, 6.45) is 9.22. The maximum Gasteiger partial charge on any atom is 0.318 e. The molecule has 1 fully saturated rings. The number of urea groups is 1. The molecular weight excluding hydrogens is 310 g/mol. The van der Waals surface area contributed by atoms with Gasteiger partial charge in [-0.1, -0.05) is 24.3 Å². The monoisotopic (exact) mass is 335 g/mol. The molecule has 1 atom stereocenters. The van der Waals surface area contributed by atoms with Gasteiger partial charge in [0.05, 0.1) is 6.04 Å². The Hall–Kier alpha value is -2.36. The van der Waals surface area contributed by atoms with Crippen molar-refractivity contribution in [3.8, 4) is 0 Å². The first-order chi connectivity index (χ1) is 12.2. The van der Waals surface area contributed by atoms with Crippen molar-refractivity contribution in [1.82, 2.24) is 15.2 Å². The van der Waals surface area contributed by atoms with Crippen molar-refractivity contribution in [3.05, 3.63) is 65.0 Å². The summed E-state index contributed by atoms with van der Waals surface area (Å²) in [7, 11) is 0. The number of aromatic nitrogens is 1. The van der Waals surface area contributed by atoms with E-state index in [0.717, 1.165) is 43.2 Å². The van der Waals surface area contributed by atoms with Crippen molar-refractivity contribution in [3.63, 3.8) is 0 Å². The van der Waals surface area contributed by atoms with Crippen LogP contribution in [0.1, 0.15) is 54.0 Å². The lowest BCUT2D eigenvalue weighted by atomic mass is 9.87. The van der Waals surface area contributed by atoms with Gasteiger partial charge in [0.2, 0.25) is 0 Å². The largest absolute Gasteiger partial charge is 0.334 e. The van der Waals surface area contributed by atoms with E-state index in [2.05, 4.69) is 39.5 Å². The second kappa shape index (κ2) is 6.87. The van der Waals surface area contributed by atoms with Gasteiger partial charge in [-0.05, 0) is 67.3 Å². The number of hydrogen-bond donors (Lipinski definition) is 1. The van der Waals surface area contributed by atoms with Crippen LogP contribution in [-0.2, 0) is 13.0 Å². The second-order valence-corrected chi connectivity index (χ2v) is 7.21. The Morgan fingerprint density at radius 3 is 2.88 bits per heavy atom. The van der Waals surface area contributed by atoms with Crippen LogP contribution in [0.5, 0.6) is 0 Å². The Balaban J connectivity index is 1.52. The van der Waals surface area contributed by atoms with Crippen LogP contribution in [0, 0.1) is 6.92 Å². The predicted octanol–water partition coefficient (Wildman–Crippen LogP) is 4.14. The van der Waals surface area contributed by atoms with E-state index in [1.54, 1.807) is 6.20 Å². The van der Waals surface area contributed by atoms with E-state index in [0.29, 0.717) is 12.6 Å². The molecule has 4 nitrogen and oxygen atoms in total. The predicted molar refractivity (Wildman–Crippen MR) is 98.2 cm³/mol. The summed E-state index contributed by atoms with van der Waals surface area (Å²) >= 11 is 0. The Morgan fingerprint density at radius 2 is 2.08 bits per heavy atom. The number of nitrogens with zero attached hydrogens (tertiary/aromatic N) is 2. The molecule has 4 heteroatoms. The van der Waals surface area contributed by atoms with Crippen LogP contribution in [0.4, 0.5) is 4.79 Å². The number of carbonyl (C=O) groups is 1. The van der Waals surface area contributed by atoms with E-state index in [1.165, 1.54) is 11.1 Å². The minimum absolute atomic E-state index is 0.0698. The fraction of sp³-hybridized carbons (Fsp3) is 0.429. The number of fused-ring (bicyclic) bond motifs is 1. The molecule has 2 aliphatic rings. The third kappa shape index (κ3) is 3.39. The van der Waals surface area contributed by atoms with E-state index in [-0.39, 0.29) is 12.1 Å². The first-order valence-electron chi connectivity index (χ1n) is 9.27. The molecule has 1 aromatic heterocycles. The van der Waals surface area contributed by atoms with Gasteiger partial charge in [0, 0.05) is 25.0 Å². The number of carbonyl (C=O) groups excluding carboxylic acids is 1. The SMILES string of the molecule is Cc1cnccc1CNC(=O)N(C1CC1)C1CCCc2ccccc21. The van der Waals surface area contributed by atoms with Crippen LogP contribution in [0.2, 0.25) is 0 Å². The van der Waals surface area contributed by atoms with Gasteiger partial charge in [0.15, 0.2) is 0 Å². The highest BCUT2D eigenvalue weighted by Crippen LogP contribution is 2.40. The minimum Gasteiger partial charge on any atom is -0.334 e. The molecule has 1 saturated carbocycles. The first kappa shape index (κ1) is 16.1. The molecule has 2 aliphatic carbocycles. The van der Waals surface area contributed by atoms with Crippen molar-refractivity contribution < 1.29 is 4.79 Å². The van der Waals surface area contributed by atoms with Crippen molar-refractivity contribution >= 4 is 6.03 Å². The molecule has 1 unspecified atom stereocenters. The van der Waals surface area contributed by atoms with Crippen LogP contribution >= 0.6 is 0 Å². The fourth-order valence-corrected chi connectivity index (χ4v) is 3.89. The van der Waals surface area contributed by atoms with Crippen LogP contribution in [0.3, 0.4) is 0 Å². The lowest BCUT2D eigenvalue weighted by Crippen LogP contribution is -2.44. The molecule has 0 spiro atoms. The second-order valence-electron chi connectivity index (χ2n) is 7.21. The van der Waals surface area contributed by atoms with Crippen LogP contribution < -0.4 is 5.32 Å². The molecule has 1 heterocycles. The van der Waals surface area contributed by atoms with Crippen LogP contribution in [-0.4, -0.2) is 22.0 Å². The highest BCUT2D eigenvalue weighted by molar-refractivity contribution is 5.75. The number of amides is 2. The maximum absolute atomic E-state index is 13.0. The third-order valence-corrected chi connectivity index (χ3v) is 5.41. The fourth-order valence-electron chi connectivity index (χ4n) is 3.89. The van der Waals surface area contributed by atoms with Gasteiger partial charge in [-0.3, -0.25) is 4.98 Å². The molecule has 25 heavy (non-hydrogen) atoms. The number of benzene rings is 1. The lowest BCUT2D eigenvalue weighted by Gasteiger charge is -2.36. The molecule has 0 saturated heterocycles. The van der Waals surface area contributed by atoms with Gasteiger partial charge < -0.3 is 10.2 Å². The lowest BCUT2D eigenvalue weighted by molar-refractivity contribution is 0.161. The highest BCUT2D eigenvalue weighted by atomic mass is 16.2. The van der Waals surface area contributed by atoms with E-state index in [1.807, 2.05) is 19.2 Å².